The highest BCUT2D eigenvalue weighted by Crippen LogP contribution is 1.69. The summed E-state index contributed by atoms with van der Waals surface area (Å²) in [4.78, 5) is 0. The molecular weight excluding hydrogens is 140 g/mol. The third-order valence-electron chi connectivity index (χ3n) is 0.766. The zero-order chi connectivity index (χ0) is 8.36. The summed E-state index contributed by atoms with van der Waals surface area (Å²) in [6.07, 6.45) is 3.52. The fraction of sp³-hybridized carbons (Fsp3) is 0.333. The number of aliphatic hydroxyl groups excluding tert-OH is 2. The van der Waals surface area contributed by atoms with Crippen molar-refractivity contribution in [2.24, 2.45) is 0 Å². The molecule has 0 heterocycles. The molecule has 0 aliphatic heterocycles. The van der Waals surface area contributed by atoms with Gasteiger partial charge in [-0.3, -0.25) is 0 Å². The normalized spacial score (nSPS) is 8.18. The Morgan fingerprint density at radius 3 is 2.64 bits per heavy atom. The van der Waals surface area contributed by atoms with Crippen LogP contribution in [0.1, 0.15) is 6.42 Å². The predicted octanol–water partition coefficient (Wildman–Crippen LogP) is -0.0759. The fourth-order valence-electron chi connectivity index (χ4n) is 0.352. The summed E-state index contributed by atoms with van der Waals surface area (Å²) in [5.74, 6) is 10.3. The molecule has 0 spiro atoms. The molecule has 2 N–H and O–H groups in total. The standard InChI is InChI=1S/C9H10O2/c10-8-6-4-2-1-3-5-7-9-11/h4,6,10-11H,7-9H2/b6-4+. The summed E-state index contributed by atoms with van der Waals surface area (Å²) >= 11 is 0. The lowest BCUT2D eigenvalue weighted by atomic mass is 10.4. The summed E-state index contributed by atoms with van der Waals surface area (Å²) in [5, 5.41) is 16.6. The highest BCUT2D eigenvalue weighted by molar-refractivity contribution is 5.30. The molecule has 0 amide bonds. The van der Waals surface area contributed by atoms with Crippen LogP contribution in [0.25, 0.3) is 0 Å². The maximum atomic E-state index is 8.31. The molecule has 0 aromatic rings. The second-order valence-corrected chi connectivity index (χ2v) is 1.63. The Labute approximate surface area is 66.6 Å². The Bertz CT molecular complexity index is 219. The van der Waals surface area contributed by atoms with Gasteiger partial charge in [0.1, 0.15) is 0 Å². The van der Waals surface area contributed by atoms with Crippen LogP contribution in [0.4, 0.5) is 0 Å². The Balaban J connectivity index is 3.57. The van der Waals surface area contributed by atoms with Crippen molar-refractivity contribution in [1.82, 2.24) is 0 Å². The van der Waals surface area contributed by atoms with Gasteiger partial charge < -0.3 is 10.2 Å². The minimum Gasteiger partial charge on any atom is -0.395 e. The first-order valence-electron chi connectivity index (χ1n) is 3.27. The molecule has 0 saturated carbocycles. The van der Waals surface area contributed by atoms with E-state index in [0.717, 1.165) is 0 Å². The van der Waals surface area contributed by atoms with E-state index in [4.69, 9.17) is 10.2 Å². The SMILES string of the molecule is OC/C=C/C#CC#CCCO. The van der Waals surface area contributed by atoms with Gasteiger partial charge in [-0.25, -0.2) is 0 Å². The molecule has 0 rings (SSSR count). The van der Waals surface area contributed by atoms with E-state index < -0.39 is 0 Å². The summed E-state index contributed by atoms with van der Waals surface area (Å²) in [6.45, 7) is 0.0694. The molecule has 0 fully saturated rings. The number of allylic oxidation sites excluding steroid dienone is 1. The van der Waals surface area contributed by atoms with Crippen LogP contribution in [0, 0.1) is 23.7 Å². The molecule has 0 aliphatic carbocycles. The molecule has 2 heteroatoms. The molecule has 0 bridgehead atoms. The van der Waals surface area contributed by atoms with Crippen molar-refractivity contribution in [3.05, 3.63) is 12.2 Å². The largest absolute Gasteiger partial charge is 0.395 e. The van der Waals surface area contributed by atoms with E-state index >= 15 is 0 Å². The van der Waals surface area contributed by atoms with Gasteiger partial charge >= 0.3 is 0 Å². The minimum absolute atomic E-state index is 0.00124. The lowest BCUT2D eigenvalue weighted by Gasteiger charge is -1.73. The Morgan fingerprint density at radius 1 is 1.18 bits per heavy atom. The van der Waals surface area contributed by atoms with Crippen LogP contribution in [0.5, 0.6) is 0 Å². The van der Waals surface area contributed by atoms with Crippen LogP contribution < -0.4 is 0 Å². The highest BCUT2D eigenvalue weighted by atomic mass is 16.3. The average Bonchev–Trinajstić information content (AvgIpc) is 2.03. The van der Waals surface area contributed by atoms with E-state index in [9.17, 15) is 0 Å². The van der Waals surface area contributed by atoms with Gasteiger partial charge in [0.2, 0.25) is 0 Å². The topological polar surface area (TPSA) is 40.5 Å². The lowest BCUT2D eigenvalue weighted by molar-refractivity contribution is 0.305. The minimum atomic E-state index is -0.00124. The van der Waals surface area contributed by atoms with Gasteiger partial charge in [-0.15, -0.1) is 0 Å². The molecule has 0 radical (unpaired) electrons. The van der Waals surface area contributed by atoms with Crippen LogP contribution in [-0.4, -0.2) is 23.4 Å². The monoisotopic (exact) mass is 150 g/mol. The van der Waals surface area contributed by atoms with Crippen LogP contribution in [0.3, 0.4) is 0 Å². The van der Waals surface area contributed by atoms with Crippen molar-refractivity contribution in [2.45, 2.75) is 6.42 Å². The zero-order valence-electron chi connectivity index (χ0n) is 6.17. The number of hydrogen-bond acceptors (Lipinski definition) is 2. The van der Waals surface area contributed by atoms with Gasteiger partial charge in [0.05, 0.1) is 13.2 Å². The van der Waals surface area contributed by atoms with Gasteiger partial charge in [0.15, 0.2) is 0 Å². The van der Waals surface area contributed by atoms with E-state index in [1.165, 1.54) is 12.2 Å². The van der Waals surface area contributed by atoms with E-state index in [1.807, 2.05) is 0 Å². The van der Waals surface area contributed by atoms with Gasteiger partial charge in [-0.05, 0) is 17.9 Å². The van der Waals surface area contributed by atoms with Gasteiger partial charge in [0, 0.05) is 6.42 Å². The van der Waals surface area contributed by atoms with Crippen LogP contribution >= 0.6 is 0 Å². The first-order chi connectivity index (χ1) is 5.41. The third-order valence-corrected chi connectivity index (χ3v) is 0.766. The smallest absolute Gasteiger partial charge is 0.0621 e. The maximum Gasteiger partial charge on any atom is 0.0621 e. The quantitative estimate of drug-likeness (QED) is 0.541. The highest BCUT2D eigenvalue weighted by Gasteiger charge is 1.67. The second-order valence-electron chi connectivity index (χ2n) is 1.63. The first kappa shape index (κ1) is 9.78. The molecule has 0 aliphatic rings. The number of aliphatic hydroxyl groups is 2. The predicted molar refractivity (Wildman–Crippen MR) is 43.5 cm³/mol. The van der Waals surface area contributed by atoms with Crippen molar-refractivity contribution in [1.29, 1.82) is 0 Å². The Kier molecular flexibility index (Phi) is 7.81. The van der Waals surface area contributed by atoms with E-state index in [-0.39, 0.29) is 13.2 Å². The van der Waals surface area contributed by atoms with Crippen molar-refractivity contribution >= 4 is 0 Å². The molecule has 0 atom stereocenters. The van der Waals surface area contributed by atoms with Crippen molar-refractivity contribution in [2.75, 3.05) is 13.2 Å². The summed E-state index contributed by atoms with van der Waals surface area (Å²) in [6, 6.07) is 0. The Morgan fingerprint density at radius 2 is 2.00 bits per heavy atom. The molecule has 2 nitrogen and oxygen atoms in total. The summed E-state index contributed by atoms with van der Waals surface area (Å²) in [7, 11) is 0. The van der Waals surface area contributed by atoms with Crippen LogP contribution in [0.15, 0.2) is 12.2 Å². The van der Waals surface area contributed by atoms with Crippen molar-refractivity contribution in [3.63, 3.8) is 0 Å². The van der Waals surface area contributed by atoms with Crippen LogP contribution in [0.2, 0.25) is 0 Å². The summed E-state index contributed by atoms with van der Waals surface area (Å²) in [5.41, 5.74) is 0. The first-order valence-corrected chi connectivity index (χ1v) is 3.27. The lowest BCUT2D eigenvalue weighted by Crippen LogP contribution is -1.74. The van der Waals surface area contributed by atoms with Crippen molar-refractivity contribution in [3.8, 4) is 23.7 Å². The molecule has 11 heavy (non-hydrogen) atoms. The maximum absolute atomic E-state index is 8.31. The van der Waals surface area contributed by atoms with Crippen LogP contribution in [-0.2, 0) is 0 Å². The van der Waals surface area contributed by atoms with E-state index in [1.54, 1.807) is 0 Å². The molecule has 0 saturated heterocycles. The van der Waals surface area contributed by atoms with Gasteiger partial charge in [0.25, 0.3) is 0 Å². The van der Waals surface area contributed by atoms with E-state index in [2.05, 4.69) is 23.7 Å². The summed E-state index contributed by atoms with van der Waals surface area (Å²) < 4.78 is 0. The molecule has 0 aromatic carbocycles. The molecule has 58 valence electrons. The van der Waals surface area contributed by atoms with Gasteiger partial charge in [-0.2, -0.15) is 0 Å². The fourth-order valence-corrected chi connectivity index (χ4v) is 0.352. The number of rotatable bonds is 2. The molecular formula is C9H10O2. The number of hydrogen-bond donors (Lipinski definition) is 2. The molecule has 0 aromatic heterocycles. The average molecular weight is 150 g/mol. The second kappa shape index (κ2) is 8.78. The van der Waals surface area contributed by atoms with E-state index in [0.29, 0.717) is 6.42 Å². The zero-order valence-corrected chi connectivity index (χ0v) is 6.17. The molecule has 0 unspecified atom stereocenters. The van der Waals surface area contributed by atoms with Gasteiger partial charge in [-0.1, -0.05) is 17.9 Å². The Hall–Kier alpha value is -1.22. The third kappa shape index (κ3) is 8.78. The van der Waals surface area contributed by atoms with Crippen molar-refractivity contribution < 1.29 is 10.2 Å².